The largest absolute Gasteiger partial charge is 0.507 e. The van der Waals surface area contributed by atoms with Gasteiger partial charge in [-0.25, -0.2) is 0 Å². The molecule has 0 saturated carbocycles. The lowest BCUT2D eigenvalue weighted by molar-refractivity contribution is -0.140. The van der Waals surface area contributed by atoms with Crippen LogP contribution in [-0.4, -0.2) is 66.0 Å². The van der Waals surface area contributed by atoms with Gasteiger partial charge in [0.1, 0.15) is 5.76 Å². The van der Waals surface area contributed by atoms with Crippen molar-refractivity contribution < 1.29 is 19.4 Å². The first-order chi connectivity index (χ1) is 14.6. The summed E-state index contributed by atoms with van der Waals surface area (Å²) in [6.45, 7) is 6.02. The van der Waals surface area contributed by atoms with E-state index in [-0.39, 0.29) is 11.3 Å². The van der Waals surface area contributed by atoms with Gasteiger partial charge in [-0.05, 0) is 12.5 Å². The van der Waals surface area contributed by atoms with Crippen molar-refractivity contribution in [2.24, 2.45) is 0 Å². The second-order valence-corrected chi connectivity index (χ2v) is 7.72. The predicted molar refractivity (Wildman–Crippen MR) is 114 cm³/mol. The number of nitrogens with zero attached hydrogens (tertiary/aromatic N) is 2. The van der Waals surface area contributed by atoms with E-state index in [2.05, 4.69) is 4.90 Å². The SMILES string of the molecule is Cc1ccc([C@@H]2/C(=C(\O)c3ccccc3)C(=O)C(=O)N2CCN2CCOCC2)cc1. The normalized spacial score (nSPS) is 21.9. The summed E-state index contributed by atoms with van der Waals surface area (Å²) in [5, 5.41) is 11.0. The minimum Gasteiger partial charge on any atom is -0.507 e. The van der Waals surface area contributed by atoms with Gasteiger partial charge in [-0.1, -0.05) is 60.2 Å². The average molecular weight is 406 g/mol. The zero-order valence-corrected chi connectivity index (χ0v) is 17.1. The zero-order chi connectivity index (χ0) is 21.1. The Morgan fingerprint density at radius 2 is 1.67 bits per heavy atom. The fraction of sp³-hybridized carbons (Fsp3) is 0.333. The standard InChI is InChI=1S/C24H26N2O4/c1-17-7-9-18(10-8-17)21-20(22(27)19-5-3-2-4-6-19)23(28)24(29)26(21)12-11-25-13-15-30-16-14-25/h2-10,21,27H,11-16H2,1H3/b22-20+/t21-/m1/s1. The molecule has 2 aromatic carbocycles. The average Bonchev–Trinajstić information content (AvgIpc) is 3.04. The van der Waals surface area contributed by atoms with Gasteiger partial charge >= 0.3 is 0 Å². The molecule has 4 rings (SSSR count). The van der Waals surface area contributed by atoms with Gasteiger partial charge in [-0.15, -0.1) is 0 Å². The third-order valence-corrected chi connectivity index (χ3v) is 5.74. The lowest BCUT2D eigenvalue weighted by atomic mass is 9.95. The Hall–Kier alpha value is -2.96. The van der Waals surface area contributed by atoms with Gasteiger partial charge in [0.15, 0.2) is 0 Å². The van der Waals surface area contributed by atoms with Crippen molar-refractivity contribution in [3.8, 4) is 0 Å². The molecule has 0 spiro atoms. The maximum atomic E-state index is 13.0. The minimum atomic E-state index is -0.635. The highest BCUT2D eigenvalue weighted by molar-refractivity contribution is 6.46. The molecule has 1 N–H and O–H groups in total. The van der Waals surface area contributed by atoms with Crippen LogP contribution in [0, 0.1) is 6.92 Å². The zero-order valence-electron chi connectivity index (χ0n) is 17.1. The van der Waals surface area contributed by atoms with Crippen LogP contribution in [0.3, 0.4) is 0 Å². The van der Waals surface area contributed by atoms with E-state index in [0.29, 0.717) is 31.9 Å². The first-order valence-electron chi connectivity index (χ1n) is 10.3. The van der Waals surface area contributed by atoms with E-state index in [1.165, 1.54) is 0 Å². The molecule has 1 amide bonds. The predicted octanol–water partition coefficient (Wildman–Crippen LogP) is 2.75. The number of morpholine rings is 1. The number of ether oxygens (including phenoxy) is 1. The summed E-state index contributed by atoms with van der Waals surface area (Å²) in [5.74, 6) is -1.33. The molecule has 6 heteroatoms. The number of Topliss-reactive ketones (excluding diaryl/α,β-unsaturated/α-hetero) is 1. The van der Waals surface area contributed by atoms with Crippen LogP contribution in [0.15, 0.2) is 60.2 Å². The molecular weight excluding hydrogens is 380 g/mol. The molecule has 30 heavy (non-hydrogen) atoms. The molecule has 2 saturated heterocycles. The van der Waals surface area contributed by atoms with Crippen molar-refractivity contribution in [3.63, 3.8) is 0 Å². The van der Waals surface area contributed by atoms with Gasteiger partial charge in [0, 0.05) is 31.7 Å². The summed E-state index contributed by atoms with van der Waals surface area (Å²) in [7, 11) is 0. The number of aliphatic hydroxyl groups excluding tert-OH is 1. The van der Waals surface area contributed by atoms with E-state index in [1.54, 1.807) is 29.2 Å². The number of likely N-dealkylation sites (tertiary alicyclic amines) is 1. The fourth-order valence-corrected chi connectivity index (χ4v) is 4.03. The first-order valence-corrected chi connectivity index (χ1v) is 10.3. The minimum absolute atomic E-state index is 0.131. The van der Waals surface area contributed by atoms with Crippen LogP contribution in [0.1, 0.15) is 22.7 Å². The Bertz CT molecular complexity index is 947. The molecule has 0 radical (unpaired) electrons. The Morgan fingerprint density at radius 3 is 2.33 bits per heavy atom. The number of hydrogen-bond acceptors (Lipinski definition) is 5. The lowest BCUT2D eigenvalue weighted by Gasteiger charge is -2.31. The molecule has 6 nitrogen and oxygen atoms in total. The monoisotopic (exact) mass is 406 g/mol. The van der Waals surface area contributed by atoms with Gasteiger partial charge in [-0.2, -0.15) is 0 Å². The number of carbonyl (C=O) groups is 2. The molecule has 2 heterocycles. The van der Waals surface area contributed by atoms with Crippen molar-refractivity contribution in [3.05, 3.63) is 76.9 Å². The third kappa shape index (κ3) is 4.01. The molecular formula is C24H26N2O4. The van der Waals surface area contributed by atoms with Crippen molar-refractivity contribution in [2.45, 2.75) is 13.0 Å². The second-order valence-electron chi connectivity index (χ2n) is 7.72. The molecule has 0 aliphatic carbocycles. The summed E-state index contributed by atoms with van der Waals surface area (Å²) in [4.78, 5) is 29.8. The molecule has 156 valence electrons. The number of ketones is 1. The maximum absolute atomic E-state index is 13.0. The third-order valence-electron chi connectivity index (χ3n) is 5.74. The highest BCUT2D eigenvalue weighted by atomic mass is 16.5. The Balaban J connectivity index is 1.72. The van der Waals surface area contributed by atoms with E-state index >= 15 is 0 Å². The summed E-state index contributed by atoms with van der Waals surface area (Å²) < 4.78 is 5.39. The molecule has 0 aromatic heterocycles. The number of hydrogen-bond donors (Lipinski definition) is 1. The topological polar surface area (TPSA) is 70.1 Å². The number of aryl methyl sites for hydroxylation is 1. The molecule has 2 aromatic rings. The molecule has 1 atom stereocenters. The molecule has 2 aliphatic heterocycles. The Kier molecular flexibility index (Phi) is 5.97. The summed E-state index contributed by atoms with van der Waals surface area (Å²) >= 11 is 0. The van der Waals surface area contributed by atoms with Crippen LogP contribution < -0.4 is 0 Å². The van der Waals surface area contributed by atoms with Gasteiger partial charge in [-0.3, -0.25) is 14.5 Å². The van der Waals surface area contributed by atoms with Crippen LogP contribution in [0.5, 0.6) is 0 Å². The summed E-state index contributed by atoms with van der Waals surface area (Å²) in [6, 6.07) is 16.1. The van der Waals surface area contributed by atoms with Crippen LogP contribution in [0.25, 0.3) is 5.76 Å². The van der Waals surface area contributed by atoms with Gasteiger partial charge < -0.3 is 14.7 Å². The summed E-state index contributed by atoms with van der Waals surface area (Å²) in [6.07, 6.45) is 0. The molecule has 2 aliphatic rings. The van der Waals surface area contributed by atoms with Crippen LogP contribution in [-0.2, 0) is 14.3 Å². The maximum Gasteiger partial charge on any atom is 0.295 e. The van der Waals surface area contributed by atoms with Crippen LogP contribution in [0.4, 0.5) is 0 Å². The quantitative estimate of drug-likeness (QED) is 0.470. The van der Waals surface area contributed by atoms with E-state index in [0.717, 1.165) is 24.2 Å². The number of benzene rings is 2. The molecule has 2 fully saturated rings. The second kappa shape index (κ2) is 8.81. The lowest BCUT2D eigenvalue weighted by Crippen LogP contribution is -2.42. The van der Waals surface area contributed by atoms with Crippen LogP contribution >= 0.6 is 0 Å². The van der Waals surface area contributed by atoms with Crippen molar-refractivity contribution in [1.82, 2.24) is 9.80 Å². The smallest absolute Gasteiger partial charge is 0.295 e. The van der Waals surface area contributed by atoms with Crippen molar-refractivity contribution in [2.75, 3.05) is 39.4 Å². The van der Waals surface area contributed by atoms with Crippen molar-refractivity contribution >= 4 is 17.4 Å². The van der Waals surface area contributed by atoms with Crippen molar-refractivity contribution in [1.29, 1.82) is 0 Å². The highest BCUT2D eigenvalue weighted by Gasteiger charge is 2.45. The molecule has 0 bridgehead atoms. The van der Waals surface area contributed by atoms with Crippen LogP contribution in [0.2, 0.25) is 0 Å². The highest BCUT2D eigenvalue weighted by Crippen LogP contribution is 2.39. The number of carbonyl (C=O) groups excluding carboxylic acids is 2. The Morgan fingerprint density at radius 1 is 1.00 bits per heavy atom. The number of rotatable bonds is 5. The number of aliphatic hydroxyl groups is 1. The Labute approximate surface area is 176 Å². The van der Waals surface area contributed by atoms with Gasteiger partial charge in [0.2, 0.25) is 0 Å². The van der Waals surface area contributed by atoms with E-state index in [4.69, 9.17) is 4.74 Å². The van der Waals surface area contributed by atoms with Gasteiger partial charge in [0.05, 0.1) is 24.8 Å². The number of amides is 1. The fourth-order valence-electron chi connectivity index (χ4n) is 4.03. The molecule has 0 unspecified atom stereocenters. The van der Waals surface area contributed by atoms with E-state index in [9.17, 15) is 14.7 Å². The van der Waals surface area contributed by atoms with E-state index in [1.807, 2.05) is 37.3 Å². The van der Waals surface area contributed by atoms with E-state index < -0.39 is 17.7 Å². The van der Waals surface area contributed by atoms with Gasteiger partial charge in [0.25, 0.3) is 11.7 Å². The first kappa shape index (κ1) is 20.3. The summed E-state index contributed by atoms with van der Waals surface area (Å²) in [5.41, 5.74) is 2.59.